The van der Waals surface area contributed by atoms with Gasteiger partial charge in [0.2, 0.25) is 0 Å². The van der Waals surface area contributed by atoms with Gasteiger partial charge in [0.1, 0.15) is 6.10 Å². The molecule has 0 N–H and O–H groups in total. The molecule has 0 aromatic heterocycles. The molecule has 5 nitrogen and oxygen atoms in total. The van der Waals surface area contributed by atoms with Crippen LogP contribution in [0, 0.1) is 23.0 Å². The number of benzene rings is 1. The SMILES string of the molecule is C[C@]12C(=O)C(c3ccccc3)=[N+]([O-])N1O[C@H]1[C@@H]2[C@@H]2C=C[C@H]1C2. The molecule has 0 unspecified atom stereocenters. The van der Waals surface area contributed by atoms with Crippen LogP contribution in [0.25, 0.3) is 0 Å². The van der Waals surface area contributed by atoms with Gasteiger partial charge in [-0.25, -0.2) is 4.84 Å². The molecule has 1 saturated carbocycles. The fourth-order valence-electron chi connectivity index (χ4n) is 4.73. The van der Waals surface area contributed by atoms with Gasteiger partial charge in [-0.1, -0.05) is 30.4 Å². The fraction of sp³-hybridized carbons (Fsp3) is 0.412. The van der Waals surface area contributed by atoms with E-state index in [0.717, 1.165) is 6.42 Å². The highest BCUT2D eigenvalue weighted by Gasteiger charge is 2.72. The van der Waals surface area contributed by atoms with Crippen molar-refractivity contribution in [3.8, 4) is 0 Å². The largest absolute Gasteiger partial charge is 0.594 e. The van der Waals surface area contributed by atoms with Gasteiger partial charge in [-0.05, 0) is 41.4 Å². The van der Waals surface area contributed by atoms with Gasteiger partial charge >= 0.3 is 0 Å². The zero-order chi connectivity index (χ0) is 15.1. The molecule has 0 radical (unpaired) electrons. The van der Waals surface area contributed by atoms with Crippen molar-refractivity contribution in [1.29, 1.82) is 0 Å². The van der Waals surface area contributed by atoms with E-state index >= 15 is 0 Å². The Morgan fingerprint density at radius 1 is 1.27 bits per heavy atom. The summed E-state index contributed by atoms with van der Waals surface area (Å²) in [4.78, 5) is 19.7. The summed E-state index contributed by atoms with van der Waals surface area (Å²) in [6, 6.07) is 9.12. The summed E-state index contributed by atoms with van der Waals surface area (Å²) in [5.41, 5.74) is -0.0489. The van der Waals surface area contributed by atoms with Crippen LogP contribution in [0.4, 0.5) is 0 Å². The van der Waals surface area contributed by atoms with Crippen LogP contribution in [-0.4, -0.2) is 33.2 Å². The molecule has 112 valence electrons. The van der Waals surface area contributed by atoms with Crippen molar-refractivity contribution < 1.29 is 14.5 Å². The Balaban J connectivity index is 1.63. The number of Topliss-reactive ketones (excluding diaryl/α,β-unsaturated/α-hetero) is 1. The lowest BCUT2D eigenvalue weighted by Crippen LogP contribution is -2.50. The van der Waals surface area contributed by atoms with Crippen molar-refractivity contribution in [2.45, 2.75) is 25.0 Å². The highest BCUT2D eigenvalue weighted by atomic mass is 16.8. The number of fused-ring (bicyclic) bond motifs is 7. The van der Waals surface area contributed by atoms with E-state index < -0.39 is 5.54 Å². The Hall–Kier alpha value is -2.14. The Morgan fingerprint density at radius 2 is 2.00 bits per heavy atom. The monoisotopic (exact) mass is 296 g/mol. The van der Waals surface area contributed by atoms with Crippen LogP contribution in [0.5, 0.6) is 0 Å². The minimum Gasteiger partial charge on any atom is -0.594 e. The maximum absolute atomic E-state index is 13.1. The molecule has 5 atom stereocenters. The van der Waals surface area contributed by atoms with Gasteiger partial charge in [-0.3, -0.25) is 4.79 Å². The van der Waals surface area contributed by atoms with Gasteiger partial charge in [0.15, 0.2) is 5.54 Å². The molecule has 1 aromatic rings. The molecule has 2 bridgehead atoms. The highest BCUT2D eigenvalue weighted by Crippen LogP contribution is 2.57. The molecular weight excluding hydrogens is 280 g/mol. The predicted octanol–water partition coefficient (Wildman–Crippen LogP) is 1.68. The number of hydrogen-bond acceptors (Lipinski definition) is 4. The second-order valence-electron chi connectivity index (χ2n) is 6.78. The number of hydrazone groups is 1. The first-order valence-electron chi connectivity index (χ1n) is 7.72. The maximum Gasteiger partial charge on any atom is 0.297 e. The number of nitrogens with zero attached hydrogens (tertiary/aromatic N) is 2. The van der Waals surface area contributed by atoms with Crippen LogP contribution in [0.1, 0.15) is 18.9 Å². The molecule has 0 amide bonds. The molecule has 2 fully saturated rings. The number of rotatable bonds is 1. The van der Waals surface area contributed by atoms with Crippen LogP contribution in [-0.2, 0) is 9.63 Å². The van der Waals surface area contributed by atoms with Crippen molar-refractivity contribution in [2.75, 3.05) is 0 Å². The van der Waals surface area contributed by atoms with Crippen molar-refractivity contribution in [2.24, 2.45) is 17.8 Å². The summed E-state index contributed by atoms with van der Waals surface area (Å²) in [6.07, 6.45) is 5.34. The third-order valence-electron chi connectivity index (χ3n) is 5.73. The second-order valence-corrected chi connectivity index (χ2v) is 6.78. The summed E-state index contributed by atoms with van der Waals surface area (Å²) in [5, 5.41) is 14.0. The average molecular weight is 296 g/mol. The highest BCUT2D eigenvalue weighted by molar-refractivity contribution is 6.47. The van der Waals surface area contributed by atoms with Crippen LogP contribution < -0.4 is 0 Å². The number of allylic oxidation sites excluding steroid dienone is 1. The summed E-state index contributed by atoms with van der Waals surface area (Å²) in [5.74, 6) is 0.603. The molecular formula is C17H16N2O3. The van der Waals surface area contributed by atoms with Crippen LogP contribution in [0.3, 0.4) is 0 Å². The van der Waals surface area contributed by atoms with Crippen molar-refractivity contribution >= 4 is 11.5 Å². The number of carbonyl (C=O) groups is 1. The first-order valence-corrected chi connectivity index (χ1v) is 7.72. The molecule has 5 rings (SSSR count). The minimum absolute atomic E-state index is 0.0438. The topological polar surface area (TPSA) is 55.6 Å². The summed E-state index contributed by atoms with van der Waals surface area (Å²) < 4.78 is 0. The van der Waals surface area contributed by atoms with Crippen LogP contribution in [0.2, 0.25) is 0 Å². The smallest absolute Gasteiger partial charge is 0.297 e. The number of hydrazine groups is 1. The van der Waals surface area contributed by atoms with Crippen molar-refractivity contribution in [3.05, 3.63) is 53.3 Å². The number of hydroxylamine groups is 1. The summed E-state index contributed by atoms with van der Waals surface area (Å²) >= 11 is 0. The van der Waals surface area contributed by atoms with E-state index in [9.17, 15) is 10.0 Å². The molecule has 1 aromatic carbocycles. The van der Waals surface area contributed by atoms with E-state index in [1.807, 2.05) is 25.1 Å². The number of carbonyl (C=O) groups excluding carboxylic acids is 1. The lowest BCUT2D eigenvalue weighted by atomic mass is 9.73. The molecule has 0 spiro atoms. The zero-order valence-corrected chi connectivity index (χ0v) is 12.2. The Morgan fingerprint density at radius 3 is 2.77 bits per heavy atom. The van der Waals surface area contributed by atoms with Gasteiger partial charge in [0.25, 0.3) is 11.5 Å². The Bertz CT molecular complexity index is 742. The minimum atomic E-state index is -0.887. The fourth-order valence-corrected chi connectivity index (χ4v) is 4.73. The molecule has 4 aliphatic rings. The maximum atomic E-state index is 13.1. The number of hydrogen-bond donors (Lipinski definition) is 0. The number of ketones is 1. The van der Waals surface area contributed by atoms with Gasteiger partial charge < -0.3 is 5.21 Å². The third-order valence-corrected chi connectivity index (χ3v) is 5.73. The Kier molecular flexibility index (Phi) is 2.14. The van der Waals surface area contributed by atoms with E-state index in [0.29, 0.717) is 22.2 Å². The van der Waals surface area contributed by atoms with Gasteiger partial charge in [0, 0.05) is 11.8 Å². The van der Waals surface area contributed by atoms with E-state index in [2.05, 4.69) is 12.2 Å². The van der Waals surface area contributed by atoms with Crippen molar-refractivity contribution in [3.63, 3.8) is 0 Å². The first kappa shape index (κ1) is 12.4. The molecule has 22 heavy (non-hydrogen) atoms. The van der Waals surface area contributed by atoms with Gasteiger partial charge in [-0.15, -0.1) is 0 Å². The lowest BCUT2D eigenvalue weighted by molar-refractivity contribution is -0.719. The quantitative estimate of drug-likeness (QED) is 0.449. The Labute approximate surface area is 128 Å². The zero-order valence-electron chi connectivity index (χ0n) is 12.2. The first-order chi connectivity index (χ1) is 10.6. The summed E-state index contributed by atoms with van der Waals surface area (Å²) in [6.45, 7) is 1.86. The molecule has 2 aliphatic carbocycles. The van der Waals surface area contributed by atoms with E-state index in [1.165, 1.54) is 5.17 Å². The lowest BCUT2D eigenvalue weighted by Gasteiger charge is -2.27. The second kappa shape index (κ2) is 3.79. The average Bonchev–Trinajstić information content (AvgIpc) is 3.23. The van der Waals surface area contributed by atoms with Crippen LogP contribution >= 0.6 is 0 Å². The third kappa shape index (κ3) is 1.21. The van der Waals surface area contributed by atoms with Gasteiger partial charge in [0.05, 0.1) is 5.56 Å². The molecule has 2 aliphatic heterocycles. The van der Waals surface area contributed by atoms with Crippen molar-refractivity contribution in [1.82, 2.24) is 5.17 Å². The molecule has 5 heteroatoms. The summed E-state index contributed by atoms with van der Waals surface area (Å²) in [7, 11) is 0. The molecule has 2 heterocycles. The van der Waals surface area contributed by atoms with Gasteiger partial charge in [-0.2, -0.15) is 0 Å². The van der Waals surface area contributed by atoms with E-state index in [-0.39, 0.29) is 23.5 Å². The molecule has 1 saturated heterocycles. The van der Waals surface area contributed by atoms with E-state index in [1.54, 1.807) is 12.1 Å². The van der Waals surface area contributed by atoms with E-state index in [4.69, 9.17) is 4.84 Å². The van der Waals surface area contributed by atoms with Crippen LogP contribution in [0.15, 0.2) is 42.5 Å². The predicted molar refractivity (Wildman–Crippen MR) is 78.5 cm³/mol. The normalized spacial score (nSPS) is 41.5. The standard InChI is InChI=1S/C17H16N2O3/c1-17-13-11-7-8-12(9-11)15(13)22-19(17)18(21)14(16(17)20)10-5-3-2-4-6-10/h2-8,11-13,15H,9H2,1H3/t11-,12+,13+,15-,17+/m1/s1.